The van der Waals surface area contributed by atoms with Gasteiger partial charge in [0.05, 0.1) is 4.88 Å². The van der Waals surface area contributed by atoms with E-state index in [2.05, 4.69) is 5.16 Å². The number of aromatic nitrogens is 1. The summed E-state index contributed by atoms with van der Waals surface area (Å²) >= 11 is 7.70. The van der Waals surface area contributed by atoms with Crippen LogP contribution in [0.15, 0.2) is 34.9 Å². The van der Waals surface area contributed by atoms with Crippen molar-refractivity contribution in [2.24, 2.45) is 0 Å². The van der Waals surface area contributed by atoms with Crippen LogP contribution in [0, 0.1) is 0 Å². The molecule has 0 saturated heterocycles. The third-order valence-corrected chi connectivity index (χ3v) is 3.72. The number of nitrogen functional groups attached to an aromatic ring is 1. The molecule has 2 N–H and O–H groups in total. The largest absolute Gasteiger partial charge is 0.381 e. The maximum absolute atomic E-state index is 6.10. The molecule has 3 nitrogen and oxygen atoms in total. The molecule has 0 spiro atoms. The first-order chi connectivity index (χ1) is 7.74. The highest BCUT2D eigenvalue weighted by Crippen LogP contribution is 2.37. The fraction of sp³-hybridized carbons (Fsp3) is 0. The molecule has 1 aromatic carbocycles. The fourth-order valence-electron chi connectivity index (χ4n) is 1.55. The van der Waals surface area contributed by atoms with E-state index >= 15 is 0 Å². The van der Waals surface area contributed by atoms with Crippen molar-refractivity contribution in [3.63, 3.8) is 0 Å². The van der Waals surface area contributed by atoms with Crippen molar-refractivity contribution >= 4 is 38.8 Å². The average Bonchev–Trinajstić information content (AvgIpc) is 2.84. The molecule has 3 aromatic rings. The van der Waals surface area contributed by atoms with Gasteiger partial charge in [0.2, 0.25) is 0 Å². The molecule has 0 fully saturated rings. The first-order valence-corrected chi connectivity index (χ1v) is 5.84. The van der Waals surface area contributed by atoms with Gasteiger partial charge in [-0.1, -0.05) is 22.8 Å². The highest BCUT2D eigenvalue weighted by Gasteiger charge is 2.10. The zero-order valence-corrected chi connectivity index (χ0v) is 9.68. The fourth-order valence-corrected chi connectivity index (χ4v) is 2.87. The van der Waals surface area contributed by atoms with Crippen molar-refractivity contribution < 1.29 is 4.52 Å². The maximum atomic E-state index is 6.10. The van der Waals surface area contributed by atoms with Crippen LogP contribution in [0.25, 0.3) is 20.7 Å². The second-order valence-corrected chi connectivity index (χ2v) is 4.87. The van der Waals surface area contributed by atoms with Crippen molar-refractivity contribution in [3.8, 4) is 10.6 Å². The van der Waals surface area contributed by atoms with E-state index in [9.17, 15) is 0 Å². The second kappa shape index (κ2) is 3.50. The lowest BCUT2D eigenvalue weighted by Crippen LogP contribution is -1.79. The molecule has 0 unspecified atom stereocenters. The van der Waals surface area contributed by atoms with E-state index in [0.29, 0.717) is 11.6 Å². The van der Waals surface area contributed by atoms with E-state index in [1.165, 1.54) is 0 Å². The predicted octanol–water partition coefficient (Wildman–Crippen LogP) is 3.79. The number of fused-ring (bicyclic) bond motifs is 1. The number of hydrogen-bond acceptors (Lipinski definition) is 4. The third-order valence-electron chi connectivity index (χ3n) is 2.28. The van der Waals surface area contributed by atoms with Crippen LogP contribution in [-0.4, -0.2) is 5.16 Å². The summed E-state index contributed by atoms with van der Waals surface area (Å²) in [5.74, 6) is 1.06. The molecule has 0 amide bonds. The Balaban J connectivity index is 2.22. The second-order valence-electron chi connectivity index (χ2n) is 3.38. The van der Waals surface area contributed by atoms with Crippen LogP contribution in [0.5, 0.6) is 0 Å². The number of nitrogens with zero attached hydrogens (tertiary/aromatic N) is 1. The van der Waals surface area contributed by atoms with E-state index in [1.807, 2.05) is 24.3 Å². The smallest absolute Gasteiger partial charge is 0.179 e. The summed E-state index contributed by atoms with van der Waals surface area (Å²) < 4.78 is 6.23. The summed E-state index contributed by atoms with van der Waals surface area (Å²) in [6.45, 7) is 0. The van der Waals surface area contributed by atoms with Gasteiger partial charge in [-0.15, -0.1) is 11.3 Å². The zero-order valence-electron chi connectivity index (χ0n) is 8.11. The number of halogens is 1. The van der Waals surface area contributed by atoms with E-state index < -0.39 is 0 Å². The Kier molecular flexibility index (Phi) is 2.12. The Morgan fingerprint density at radius 1 is 1.31 bits per heavy atom. The van der Waals surface area contributed by atoms with Gasteiger partial charge in [-0.2, -0.15) is 0 Å². The molecule has 80 valence electrons. The Bertz CT molecular complexity index is 659. The first-order valence-electron chi connectivity index (χ1n) is 4.64. The summed E-state index contributed by atoms with van der Waals surface area (Å²) in [6.07, 6.45) is 0. The molecule has 0 saturated carbocycles. The van der Waals surface area contributed by atoms with Crippen LogP contribution < -0.4 is 5.73 Å². The number of benzene rings is 1. The molecule has 0 aliphatic heterocycles. The van der Waals surface area contributed by atoms with Gasteiger partial charge in [0, 0.05) is 21.2 Å². The molecule has 0 aliphatic carbocycles. The predicted molar refractivity (Wildman–Crippen MR) is 66.7 cm³/mol. The molecule has 2 aromatic heterocycles. The van der Waals surface area contributed by atoms with Crippen molar-refractivity contribution in [3.05, 3.63) is 35.4 Å². The van der Waals surface area contributed by atoms with Crippen LogP contribution in [0.3, 0.4) is 0 Å². The highest BCUT2D eigenvalue weighted by atomic mass is 35.5. The molecular formula is C11H7ClN2OS. The summed E-state index contributed by atoms with van der Waals surface area (Å²) in [5, 5.41) is 5.43. The molecule has 2 heterocycles. The Morgan fingerprint density at radius 2 is 2.19 bits per heavy atom. The SMILES string of the molecule is Nc1cc(-c2cc3c(Cl)cccc3s2)on1. The van der Waals surface area contributed by atoms with Crippen LogP contribution in [0.4, 0.5) is 5.82 Å². The van der Waals surface area contributed by atoms with Gasteiger partial charge in [-0.25, -0.2) is 0 Å². The number of nitrogens with two attached hydrogens (primary N) is 1. The van der Waals surface area contributed by atoms with Gasteiger partial charge in [0.25, 0.3) is 0 Å². The Labute approximate surface area is 100 Å². The minimum absolute atomic E-state index is 0.388. The maximum Gasteiger partial charge on any atom is 0.179 e. The first kappa shape index (κ1) is 9.69. The Morgan fingerprint density at radius 3 is 2.88 bits per heavy atom. The van der Waals surface area contributed by atoms with E-state index in [0.717, 1.165) is 20.0 Å². The number of anilines is 1. The third kappa shape index (κ3) is 1.47. The number of rotatable bonds is 1. The van der Waals surface area contributed by atoms with Crippen molar-refractivity contribution in [2.45, 2.75) is 0 Å². The van der Waals surface area contributed by atoms with E-state index in [1.54, 1.807) is 17.4 Å². The zero-order chi connectivity index (χ0) is 11.1. The van der Waals surface area contributed by atoms with Gasteiger partial charge >= 0.3 is 0 Å². The lowest BCUT2D eigenvalue weighted by atomic mass is 10.2. The summed E-state index contributed by atoms with van der Waals surface area (Å²) in [4.78, 5) is 0.979. The summed E-state index contributed by atoms with van der Waals surface area (Å²) in [5.41, 5.74) is 5.51. The molecule has 5 heteroatoms. The quantitative estimate of drug-likeness (QED) is 0.715. The van der Waals surface area contributed by atoms with Crippen LogP contribution in [0.2, 0.25) is 5.02 Å². The molecule has 16 heavy (non-hydrogen) atoms. The van der Waals surface area contributed by atoms with Gasteiger partial charge in [0.15, 0.2) is 11.6 Å². The van der Waals surface area contributed by atoms with Gasteiger partial charge in [-0.05, 0) is 18.2 Å². The van der Waals surface area contributed by atoms with Gasteiger partial charge in [-0.3, -0.25) is 0 Å². The lowest BCUT2D eigenvalue weighted by molar-refractivity contribution is 0.436. The van der Waals surface area contributed by atoms with Crippen LogP contribution in [0.1, 0.15) is 0 Å². The van der Waals surface area contributed by atoms with E-state index in [-0.39, 0.29) is 0 Å². The van der Waals surface area contributed by atoms with Crippen LogP contribution in [-0.2, 0) is 0 Å². The summed E-state index contributed by atoms with van der Waals surface area (Å²) in [7, 11) is 0. The molecule has 0 atom stereocenters. The molecule has 0 radical (unpaired) electrons. The topological polar surface area (TPSA) is 52.0 Å². The monoisotopic (exact) mass is 250 g/mol. The minimum Gasteiger partial charge on any atom is -0.381 e. The number of hydrogen-bond donors (Lipinski definition) is 1. The minimum atomic E-state index is 0.388. The van der Waals surface area contributed by atoms with Gasteiger partial charge in [0.1, 0.15) is 0 Å². The van der Waals surface area contributed by atoms with Crippen molar-refractivity contribution in [2.75, 3.05) is 5.73 Å². The normalized spacial score (nSPS) is 11.1. The average molecular weight is 251 g/mol. The van der Waals surface area contributed by atoms with Crippen LogP contribution >= 0.6 is 22.9 Å². The molecular weight excluding hydrogens is 244 g/mol. The van der Waals surface area contributed by atoms with Crippen molar-refractivity contribution in [1.82, 2.24) is 5.16 Å². The standard InChI is InChI=1S/C11H7ClN2OS/c12-7-2-1-3-9-6(7)4-10(16-9)8-5-11(13)14-15-8/h1-5H,(H2,13,14). The molecule has 3 rings (SSSR count). The molecule has 0 aliphatic rings. The summed E-state index contributed by atoms with van der Waals surface area (Å²) in [6, 6.07) is 9.52. The lowest BCUT2D eigenvalue weighted by Gasteiger charge is -1.89. The highest BCUT2D eigenvalue weighted by molar-refractivity contribution is 7.22. The number of thiophene rings is 1. The molecule has 0 bridgehead atoms. The van der Waals surface area contributed by atoms with Gasteiger partial charge < -0.3 is 10.3 Å². The van der Waals surface area contributed by atoms with E-state index in [4.69, 9.17) is 21.9 Å². The van der Waals surface area contributed by atoms with Crippen molar-refractivity contribution in [1.29, 1.82) is 0 Å². The Hall–Kier alpha value is -1.52.